The number of aryl methyl sites for hydroxylation is 1. The molecule has 2 aromatic rings. The Hall–Kier alpha value is -2.91. The number of esters is 1. The standard InChI is InChI=1S/C21H29N5O4/c1-4-30-21(28)18-13-22-24(2)20(18)23-19(27)15-26-11-9-25(10-12-26)14-16-5-7-17(29-3)8-6-16/h5-8,13H,4,9-12,14-15H2,1-3H3,(H,23,27). The van der Waals surface area contributed by atoms with E-state index in [1.54, 1.807) is 21.1 Å². The zero-order valence-electron chi connectivity index (χ0n) is 17.8. The summed E-state index contributed by atoms with van der Waals surface area (Å²) < 4.78 is 11.7. The van der Waals surface area contributed by atoms with Gasteiger partial charge in [0.25, 0.3) is 0 Å². The summed E-state index contributed by atoms with van der Waals surface area (Å²) in [4.78, 5) is 29.0. The molecule has 1 saturated heterocycles. The number of piperazine rings is 1. The number of aromatic nitrogens is 2. The van der Waals surface area contributed by atoms with Crippen LogP contribution in [-0.4, -0.2) is 77.9 Å². The molecule has 162 valence electrons. The van der Waals surface area contributed by atoms with Gasteiger partial charge >= 0.3 is 5.97 Å². The summed E-state index contributed by atoms with van der Waals surface area (Å²) in [5.41, 5.74) is 1.50. The maximum atomic E-state index is 12.5. The van der Waals surface area contributed by atoms with Crippen molar-refractivity contribution in [1.29, 1.82) is 0 Å². The first-order valence-electron chi connectivity index (χ1n) is 10.1. The molecular formula is C21H29N5O4. The van der Waals surface area contributed by atoms with Crippen molar-refractivity contribution in [3.8, 4) is 5.75 Å². The Labute approximate surface area is 176 Å². The third-order valence-corrected chi connectivity index (χ3v) is 5.09. The number of hydrogen-bond donors (Lipinski definition) is 1. The highest BCUT2D eigenvalue weighted by molar-refractivity contribution is 6.00. The maximum absolute atomic E-state index is 12.5. The fraction of sp³-hybridized carbons (Fsp3) is 0.476. The van der Waals surface area contributed by atoms with Crippen molar-refractivity contribution in [2.75, 3.05) is 51.8 Å². The van der Waals surface area contributed by atoms with E-state index in [2.05, 4.69) is 32.3 Å². The number of methoxy groups -OCH3 is 1. The summed E-state index contributed by atoms with van der Waals surface area (Å²) in [6.45, 7) is 6.53. The van der Waals surface area contributed by atoms with Gasteiger partial charge in [0, 0.05) is 39.8 Å². The molecule has 0 spiro atoms. The molecule has 1 aliphatic rings. The molecule has 0 unspecified atom stereocenters. The van der Waals surface area contributed by atoms with E-state index < -0.39 is 5.97 Å². The monoisotopic (exact) mass is 415 g/mol. The van der Waals surface area contributed by atoms with Gasteiger partial charge in [0.15, 0.2) is 0 Å². The molecule has 2 heterocycles. The van der Waals surface area contributed by atoms with E-state index in [1.807, 2.05) is 12.1 Å². The molecule has 9 nitrogen and oxygen atoms in total. The number of ether oxygens (including phenoxy) is 2. The number of anilines is 1. The highest BCUT2D eigenvalue weighted by Gasteiger charge is 2.22. The summed E-state index contributed by atoms with van der Waals surface area (Å²) in [6.07, 6.45) is 1.41. The van der Waals surface area contributed by atoms with Crippen molar-refractivity contribution in [2.45, 2.75) is 13.5 Å². The third-order valence-electron chi connectivity index (χ3n) is 5.09. The smallest absolute Gasteiger partial charge is 0.343 e. The maximum Gasteiger partial charge on any atom is 0.343 e. The van der Waals surface area contributed by atoms with Gasteiger partial charge in [-0.15, -0.1) is 0 Å². The van der Waals surface area contributed by atoms with Crippen LogP contribution in [0.1, 0.15) is 22.8 Å². The Morgan fingerprint density at radius 1 is 1.10 bits per heavy atom. The first-order valence-corrected chi connectivity index (χ1v) is 10.1. The van der Waals surface area contributed by atoms with Gasteiger partial charge in [-0.1, -0.05) is 12.1 Å². The zero-order chi connectivity index (χ0) is 21.5. The minimum absolute atomic E-state index is 0.173. The van der Waals surface area contributed by atoms with Gasteiger partial charge in [0.05, 0.1) is 26.5 Å². The SMILES string of the molecule is CCOC(=O)c1cnn(C)c1NC(=O)CN1CCN(Cc2ccc(OC)cc2)CC1. The van der Waals surface area contributed by atoms with Crippen LogP contribution in [0.2, 0.25) is 0 Å². The van der Waals surface area contributed by atoms with Crippen LogP contribution in [0.15, 0.2) is 30.5 Å². The molecule has 0 aliphatic carbocycles. The summed E-state index contributed by atoms with van der Waals surface area (Å²) in [6, 6.07) is 8.10. The lowest BCUT2D eigenvalue weighted by atomic mass is 10.2. The van der Waals surface area contributed by atoms with E-state index in [9.17, 15) is 9.59 Å². The van der Waals surface area contributed by atoms with E-state index in [0.29, 0.717) is 5.82 Å². The number of nitrogens with one attached hydrogen (secondary N) is 1. The largest absolute Gasteiger partial charge is 0.497 e. The number of nitrogens with zero attached hydrogens (tertiary/aromatic N) is 4. The molecule has 1 fully saturated rings. The lowest BCUT2D eigenvalue weighted by Gasteiger charge is -2.34. The molecule has 1 amide bonds. The van der Waals surface area contributed by atoms with Gasteiger partial charge in [-0.05, 0) is 24.6 Å². The van der Waals surface area contributed by atoms with Gasteiger partial charge in [0.1, 0.15) is 17.1 Å². The minimum atomic E-state index is -0.493. The van der Waals surface area contributed by atoms with Crippen molar-refractivity contribution in [1.82, 2.24) is 19.6 Å². The highest BCUT2D eigenvalue weighted by atomic mass is 16.5. The molecule has 1 N–H and O–H groups in total. The average molecular weight is 415 g/mol. The Morgan fingerprint density at radius 2 is 1.77 bits per heavy atom. The van der Waals surface area contributed by atoms with E-state index in [4.69, 9.17) is 9.47 Å². The first-order chi connectivity index (χ1) is 14.5. The lowest BCUT2D eigenvalue weighted by Crippen LogP contribution is -2.48. The molecular weight excluding hydrogens is 386 g/mol. The van der Waals surface area contributed by atoms with Gasteiger partial charge in [-0.2, -0.15) is 5.10 Å². The van der Waals surface area contributed by atoms with E-state index in [0.717, 1.165) is 38.5 Å². The number of benzene rings is 1. The quantitative estimate of drug-likeness (QED) is 0.651. The number of carbonyl (C=O) groups excluding carboxylic acids is 2. The Balaban J connectivity index is 1.47. The number of hydrogen-bond acceptors (Lipinski definition) is 7. The van der Waals surface area contributed by atoms with Crippen molar-refractivity contribution in [3.05, 3.63) is 41.6 Å². The summed E-state index contributed by atoms with van der Waals surface area (Å²) in [5.74, 6) is 0.548. The van der Waals surface area contributed by atoms with Gasteiger partial charge in [-0.3, -0.25) is 19.3 Å². The topological polar surface area (TPSA) is 88.9 Å². The number of rotatable bonds is 8. The molecule has 0 atom stereocenters. The Morgan fingerprint density at radius 3 is 2.40 bits per heavy atom. The fourth-order valence-electron chi connectivity index (χ4n) is 3.41. The minimum Gasteiger partial charge on any atom is -0.497 e. The van der Waals surface area contributed by atoms with Crippen LogP contribution in [0.5, 0.6) is 5.75 Å². The molecule has 1 aromatic heterocycles. The molecule has 3 rings (SSSR count). The van der Waals surface area contributed by atoms with Crippen LogP contribution in [-0.2, 0) is 23.1 Å². The second kappa shape index (κ2) is 10.2. The lowest BCUT2D eigenvalue weighted by molar-refractivity contribution is -0.117. The van der Waals surface area contributed by atoms with Crippen LogP contribution in [0, 0.1) is 0 Å². The van der Waals surface area contributed by atoms with Crippen LogP contribution in [0.25, 0.3) is 0 Å². The molecule has 0 radical (unpaired) electrons. The van der Waals surface area contributed by atoms with E-state index in [1.165, 1.54) is 16.4 Å². The Bertz CT molecular complexity index is 857. The van der Waals surface area contributed by atoms with Gasteiger partial charge in [0.2, 0.25) is 5.91 Å². The molecule has 1 aromatic carbocycles. The van der Waals surface area contributed by atoms with Gasteiger partial charge in [-0.25, -0.2) is 4.79 Å². The van der Waals surface area contributed by atoms with Crippen molar-refractivity contribution >= 4 is 17.7 Å². The van der Waals surface area contributed by atoms with Crippen LogP contribution >= 0.6 is 0 Å². The van der Waals surface area contributed by atoms with E-state index in [-0.39, 0.29) is 24.6 Å². The van der Waals surface area contributed by atoms with Crippen LogP contribution < -0.4 is 10.1 Å². The summed E-state index contributed by atoms with van der Waals surface area (Å²) in [5, 5.41) is 6.85. The van der Waals surface area contributed by atoms with Crippen LogP contribution in [0.3, 0.4) is 0 Å². The zero-order valence-corrected chi connectivity index (χ0v) is 17.8. The Kier molecular flexibility index (Phi) is 7.42. The normalized spacial score (nSPS) is 15.0. The summed E-state index contributed by atoms with van der Waals surface area (Å²) >= 11 is 0. The van der Waals surface area contributed by atoms with Crippen molar-refractivity contribution in [2.24, 2.45) is 7.05 Å². The van der Waals surface area contributed by atoms with E-state index >= 15 is 0 Å². The number of carbonyl (C=O) groups is 2. The second-order valence-corrected chi connectivity index (χ2v) is 7.20. The second-order valence-electron chi connectivity index (χ2n) is 7.20. The van der Waals surface area contributed by atoms with Gasteiger partial charge < -0.3 is 14.8 Å². The first kappa shape index (κ1) is 21.8. The average Bonchev–Trinajstić information content (AvgIpc) is 3.10. The van der Waals surface area contributed by atoms with Crippen molar-refractivity contribution < 1.29 is 19.1 Å². The molecule has 30 heavy (non-hydrogen) atoms. The van der Waals surface area contributed by atoms with Crippen molar-refractivity contribution in [3.63, 3.8) is 0 Å². The number of amides is 1. The molecule has 9 heteroatoms. The fourth-order valence-corrected chi connectivity index (χ4v) is 3.41. The predicted octanol–water partition coefficient (Wildman–Crippen LogP) is 1.36. The molecule has 0 bridgehead atoms. The third kappa shape index (κ3) is 5.58. The summed E-state index contributed by atoms with van der Waals surface area (Å²) in [7, 11) is 3.34. The molecule has 0 saturated carbocycles. The predicted molar refractivity (Wildman–Crippen MR) is 113 cm³/mol. The molecule has 1 aliphatic heterocycles. The van der Waals surface area contributed by atoms with Crippen LogP contribution in [0.4, 0.5) is 5.82 Å². The highest BCUT2D eigenvalue weighted by Crippen LogP contribution is 2.16.